The second-order valence-corrected chi connectivity index (χ2v) is 9.67. The highest BCUT2D eigenvalue weighted by Gasteiger charge is 2.30. The molecule has 1 aromatic heterocycles. The maximum atomic E-state index is 13.5. The third kappa shape index (κ3) is 3.87. The molecular formula is C23H25N3O5S. The van der Waals surface area contributed by atoms with Crippen molar-refractivity contribution in [3.05, 3.63) is 54.2 Å². The summed E-state index contributed by atoms with van der Waals surface area (Å²) in [6.45, 7) is 5.54. The van der Waals surface area contributed by atoms with Gasteiger partial charge in [0.1, 0.15) is 11.3 Å². The van der Waals surface area contributed by atoms with Gasteiger partial charge in [-0.25, -0.2) is 8.42 Å². The van der Waals surface area contributed by atoms with Gasteiger partial charge in [0.05, 0.1) is 11.5 Å². The summed E-state index contributed by atoms with van der Waals surface area (Å²) in [6, 6.07) is 12.8. The third-order valence-corrected chi connectivity index (χ3v) is 7.74. The van der Waals surface area contributed by atoms with E-state index in [1.54, 1.807) is 34.8 Å². The van der Waals surface area contributed by atoms with Crippen LogP contribution in [0, 0.1) is 0 Å². The van der Waals surface area contributed by atoms with E-state index in [9.17, 15) is 8.42 Å². The lowest BCUT2D eigenvalue weighted by atomic mass is 10.2. The third-order valence-electron chi connectivity index (χ3n) is 5.78. The Labute approximate surface area is 187 Å². The molecule has 5 rings (SSSR count). The van der Waals surface area contributed by atoms with Crippen LogP contribution in [-0.4, -0.2) is 62.2 Å². The van der Waals surface area contributed by atoms with Crippen molar-refractivity contribution in [1.82, 2.24) is 14.2 Å². The Morgan fingerprint density at radius 2 is 1.84 bits per heavy atom. The fourth-order valence-electron chi connectivity index (χ4n) is 4.18. The molecule has 32 heavy (non-hydrogen) atoms. The Bertz CT molecular complexity index is 1240. The Morgan fingerprint density at radius 1 is 1.03 bits per heavy atom. The van der Waals surface area contributed by atoms with Gasteiger partial charge in [0, 0.05) is 44.3 Å². The summed E-state index contributed by atoms with van der Waals surface area (Å²) < 4.78 is 45.0. The maximum Gasteiger partial charge on any atom is 0.243 e. The van der Waals surface area contributed by atoms with Crippen LogP contribution in [0.3, 0.4) is 0 Å². The van der Waals surface area contributed by atoms with E-state index in [4.69, 9.17) is 14.2 Å². The van der Waals surface area contributed by atoms with Crippen molar-refractivity contribution in [3.8, 4) is 17.2 Å². The van der Waals surface area contributed by atoms with Crippen molar-refractivity contribution in [3.63, 3.8) is 0 Å². The molecule has 1 fully saturated rings. The van der Waals surface area contributed by atoms with Gasteiger partial charge >= 0.3 is 0 Å². The topological polar surface area (TPSA) is 81.2 Å². The average Bonchev–Trinajstić information content (AvgIpc) is 3.28. The van der Waals surface area contributed by atoms with Gasteiger partial charge in [-0.05, 0) is 48.9 Å². The molecule has 168 valence electrons. The first-order valence-electron chi connectivity index (χ1n) is 10.7. The van der Waals surface area contributed by atoms with E-state index in [-0.39, 0.29) is 11.7 Å². The molecule has 3 aromatic rings. The number of hydrogen-bond donors (Lipinski definition) is 0. The van der Waals surface area contributed by atoms with Gasteiger partial charge in [-0.3, -0.25) is 9.88 Å². The summed E-state index contributed by atoms with van der Waals surface area (Å²) in [7, 11) is -3.65. The fraction of sp³-hybridized carbons (Fsp3) is 0.348. The Hall–Kier alpha value is -2.88. The van der Waals surface area contributed by atoms with Crippen molar-refractivity contribution in [2.24, 2.45) is 0 Å². The van der Waals surface area contributed by atoms with E-state index >= 15 is 0 Å². The highest BCUT2D eigenvalue weighted by Crippen LogP contribution is 2.34. The van der Waals surface area contributed by atoms with Crippen LogP contribution in [0.2, 0.25) is 0 Å². The molecular weight excluding hydrogens is 430 g/mol. The summed E-state index contributed by atoms with van der Waals surface area (Å²) in [6.07, 6.45) is 1.65. The SMILES string of the molecule is CCOc1ccc(S(=O)(=O)N2CCN(Cc3ccc4c(c3)OCO4)CC2)c2cccnc12. The number of sulfonamides is 1. The molecule has 0 amide bonds. The van der Waals surface area contributed by atoms with Crippen LogP contribution in [0.15, 0.2) is 53.6 Å². The van der Waals surface area contributed by atoms with Crippen LogP contribution in [-0.2, 0) is 16.6 Å². The predicted molar refractivity (Wildman–Crippen MR) is 120 cm³/mol. The highest BCUT2D eigenvalue weighted by atomic mass is 32.2. The van der Waals surface area contributed by atoms with Crippen LogP contribution < -0.4 is 14.2 Å². The van der Waals surface area contributed by atoms with Crippen LogP contribution in [0.1, 0.15) is 12.5 Å². The van der Waals surface area contributed by atoms with E-state index in [0.717, 1.165) is 23.6 Å². The van der Waals surface area contributed by atoms with Crippen LogP contribution in [0.25, 0.3) is 10.9 Å². The molecule has 0 aliphatic carbocycles. The second-order valence-electron chi connectivity index (χ2n) is 7.76. The molecule has 9 heteroatoms. The van der Waals surface area contributed by atoms with Crippen LogP contribution in [0.5, 0.6) is 17.2 Å². The number of rotatable bonds is 6. The summed E-state index contributed by atoms with van der Waals surface area (Å²) in [4.78, 5) is 6.89. The molecule has 0 radical (unpaired) electrons. The summed E-state index contributed by atoms with van der Waals surface area (Å²) in [5, 5.41) is 0.584. The van der Waals surface area contributed by atoms with Gasteiger partial charge in [-0.2, -0.15) is 4.31 Å². The van der Waals surface area contributed by atoms with Gasteiger partial charge in [-0.15, -0.1) is 0 Å². The molecule has 0 unspecified atom stereocenters. The first-order valence-corrected chi connectivity index (χ1v) is 12.1. The molecule has 2 aliphatic rings. The summed E-state index contributed by atoms with van der Waals surface area (Å²) >= 11 is 0. The zero-order valence-corrected chi connectivity index (χ0v) is 18.7. The Morgan fingerprint density at radius 3 is 2.66 bits per heavy atom. The van der Waals surface area contributed by atoms with Crippen LogP contribution >= 0.6 is 0 Å². The number of pyridine rings is 1. The largest absolute Gasteiger partial charge is 0.492 e. The number of fused-ring (bicyclic) bond motifs is 2. The van der Waals surface area contributed by atoms with E-state index in [1.165, 1.54) is 0 Å². The average molecular weight is 456 g/mol. The molecule has 0 bridgehead atoms. The van der Waals surface area contributed by atoms with E-state index in [2.05, 4.69) is 9.88 Å². The first kappa shape index (κ1) is 21.0. The molecule has 0 atom stereocenters. The molecule has 3 heterocycles. The van der Waals surface area contributed by atoms with Gasteiger partial charge in [0.25, 0.3) is 0 Å². The number of nitrogens with zero attached hydrogens (tertiary/aromatic N) is 3. The van der Waals surface area contributed by atoms with E-state index in [1.807, 2.05) is 25.1 Å². The fourth-order valence-corrected chi connectivity index (χ4v) is 5.79. The molecule has 0 N–H and O–H groups in total. The molecule has 2 aromatic carbocycles. The minimum Gasteiger partial charge on any atom is -0.492 e. The quantitative estimate of drug-likeness (QED) is 0.565. The number of piperazine rings is 1. The normalized spacial score (nSPS) is 17.0. The van der Waals surface area contributed by atoms with E-state index in [0.29, 0.717) is 49.4 Å². The zero-order chi connectivity index (χ0) is 22.1. The monoisotopic (exact) mass is 455 g/mol. The lowest BCUT2D eigenvalue weighted by molar-refractivity contribution is 0.173. The number of benzene rings is 2. The smallest absolute Gasteiger partial charge is 0.243 e. The van der Waals surface area contributed by atoms with Gasteiger partial charge < -0.3 is 14.2 Å². The van der Waals surface area contributed by atoms with Crippen LogP contribution in [0.4, 0.5) is 0 Å². The van der Waals surface area contributed by atoms with Gasteiger partial charge in [-0.1, -0.05) is 6.07 Å². The summed E-state index contributed by atoms with van der Waals surface area (Å²) in [5.41, 5.74) is 1.69. The van der Waals surface area contributed by atoms with Crippen molar-refractivity contribution in [2.75, 3.05) is 39.6 Å². The molecule has 1 saturated heterocycles. The maximum absolute atomic E-state index is 13.5. The molecule has 2 aliphatic heterocycles. The van der Waals surface area contributed by atoms with Crippen molar-refractivity contribution in [1.29, 1.82) is 0 Å². The number of aromatic nitrogens is 1. The van der Waals surface area contributed by atoms with Crippen molar-refractivity contribution < 1.29 is 22.6 Å². The Kier molecular flexibility index (Phi) is 5.62. The lowest BCUT2D eigenvalue weighted by Gasteiger charge is -2.34. The second kappa shape index (κ2) is 8.57. The number of ether oxygens (including phenoxy) is 3. The van der Waals surface area contributed by atoms with Gasteiger partial charge in [0.15, 0.2) is 11.5 Å². The Balaban J connectivity index is 1.32. The first-order chi connectivity index (χ1) is 15.6. The van der Waals surface area contributed by atoms with Crippen molar-refractivity contribution >= 4 is 20.9 Å². The molecule has 0 saturated carbocycles. The standard InChI is InChI=1S/C23H25N3O5S/c1-2-29-20-7-8-22(18-4-3-9-24-23(18)20)32(27,28)26-12-10-25(11-13-26)15-17-5-6-19-21(14-17)31-16-30-19/h3-9,14H,2,10-13,15-16H2,1H3. The minimum absolute atomic E-state index is 0.255. The highest BCUT2D eigenvalue weighted by molar-refractivity contribution is 7.89. The predicted octanol–water partition coefficient (Wildman–Crippen LogP) is 2.87. The molecule has 8 nitrogen and oxygen atoms in total. The molecule has 0 spiro atoms. The lowest BCUT2D eigenvalue weighted by Crippen LogP contribution is -2.48. The van der Waals surface area contributed by atoms with Gasteiger partial charge in [0.2, 0.25) is 16.8 Å². The minimum atomic E-state index is -3.65. The number of hydrogen-bond acceptors (Lipinski definition) is 7. The summed E-state index contributed by atoms with van der Waals surface area (Å²) in [5.74, 6) is 2.12. The van der Waals surface area contributed by atoms with E-state index < -0.39 is 10.0 Å². The zero-order valence-electron chi connectivity index (χ0n) is 17.9. The van der Waals surface area contributed by atoms with Crippen molar-refractivity contribution in [2.45, 2.75) is 18.4 Å².